The zero-order valence-electron chi connectivity index (χ0n) is 24.4. The summed E-state index contributed by atoms with van der Waals surface area (Å²) < 4.78 is 72.1. The van der Waals surface area contributed by atoms with Gasteiger partial charge in [0.15, 0.2) is 0 Å². The molecular weight excluding hydrogens is 664 g/mol. The Morgan fingerprint density at radius 3 is 1.66 bits per heavy atom. The van der Waals surface area contributed by atoms with Crippen LogP contribution in [-0.4, -0.2) is 20.5 Å². The Balaban J connectivity index is 0.00000840. The van der Waals surface area contributed by atoms with E-state index in [9.17, 15) is 21.6 Å². The van der Waals surface area contributed by atoms with Crippen molar-refractivity contribution in [1.29, 1.82) is 0 Å². The van der Waals surface area contributed by atoms with E-state index in [0.29, 0.717) is 17.9 Å². The molecule has 0 fully saturated rings. The quantitative estimate of drug-likeness (QED) is 0.0528. The summed E-state index contributed by atoms with van der Waals surface area (Å²) in [5, 5.41) is 0. The minimum atomic E-state index is -5.76. The molecule has 0 unspecified atom stereocenters. The predicted octanol–water partition coefficient (Wildman–Crippen LogP) is 10.8. The molecule has 4 nitrogen and oxygen atoms in total. The van der Waals surface area contributed by atoms with Gasteiger partial charge in [-0.1, -0.05) is 134 Å². The van der Waals surface area contributed by atoms with Gasteiger partial charge in [0.05, 0.1) is 6.61 Å². The molecule has 0 saturated heterocycles. The van der Waals surface area contributed by atoms with Gasteiger partial charge in [0.25, 0.3) is 0 Å². The monoisotopic (exact) mass is 712 g/mol. The van der Waals surface area contributed by atoms with Gasteiger partial charge in [-0.05, 0) is 30.2 Å². The maximum atomic E-state index is 12.9. The minimum absolute atomic E-state index is 0. The van der Waals surface area contributed by atoms with E-state index in [1.54, 1.807) is 18.2 Å². The van der Waals surface area contributed by atoms with Crippen LogP contribution in [0, 0.1) is 0 Å². The van der Waals surface area contributed by atoms with Crippen molar-refractivity contribution in [3.8, 4) is 11.5 Å². The first-order chi connectivity index (χ1) is 19.2. The molecule has 0 aliphatic carbocycles. The van der Waals surface area contributed by atoms with Crippen molar-refractivity contribution in [3.05, 3.63) is 59.7 Å². The van der Waals surface area contributed by atoms with Crippen LogP contribution in [0.3, 0.4) is 0 Å². The molecule has 0 aliphatic rings. The maximum absolute atomic E-state index is 12.9. The van der Waals surface area contributed by atoms with E-state index in [2.05, 4.69) is 11.1 Å². The lowest BCUT2D eigenvalue weighted by Gasteiger charge is -2.15. The number of hydrogen-bond acceptors (Lipinski definition) is 4. The molecule has 0 bridgehead atoms. The predicted molar refractivity (Wildman–Crippen MR) is 172 cm³/mol. The van der Waals surface area contributed by atoms with Crippen LogP contribution in [0.1, 0.15) is 121 Å². The fourth-order valence-electron chi connectivity index (χ4n) is 4.69. The molecule has 0 spiro atoms. The third-order valence-corrected chi connectivity index (χ3v) is 7.98. The topological polar surface area (TPSA) is 52.6 Å². The van der Waals surface area contributed by atoms with E-state index in [4.69, 9.17) is 4.74 Å². The highest BCUT2D eigenvalue weighted by molar-refractivity contribution is 14.0. The molecule has 2 aromatic rings. The summed E-state index contributed by atoms with van der Waals surface area (Å²) in [6.07, 6.45) is 20.8. The van der Waals surface area contributed by atoms with E-state index in [1.165, 1.54) is 95.6 Å². The van der Waals surface area contributed by atoms with E-state index in [0.717, 1.165) is 24.8 Å². The fraction of sp³-hybridized carbons (Fsp3) is 0.625. The standard InChI is InChI=1S/C32H47F3O4S.HI/c1-2-3-4-5-6-7-8-9-10-11-12-13-14-15-16-20-25-38-30-23-24-31(39-40(36,37)32(33,34)35)29(27-30)26-28-21-18-17-19-22-28;/h17-19,21-24,27H,2-16,20,25-26H2,1H3;1H. The first kappa shape index (κ1) is 37.5. The van der Waals surface area contributed by atoms with Crippen molar-refractivity contribution in [1.82, 2.24) is 0 Å². The van der Waals surface area contributed by atoms with Crippen LogP contribution in [0.4, 0.5) is 13.2 Å². The summed E-state index contributed by atoms with van der Waals surface area (Å²) in [4.78, 5) is 0. The van der Waals surface area contributed by atoms with E-state index >= 15 is 0 Å². The van der Waals surface area contributed by atoms with Gasteiger partial charge in [0, 0.05) is 12.0 Å². The first-order valence-electron chi connectivity index (χ1n) is 15.0. The van der Waals surface area contributed by atoms with Crippen molar-refractivity contribution in [2.24, 2.45) is 0 Å². The van der Waals surface area contributed by atoms with Crippen LogP contribution in [0.25, 0.3) is 0 Å². The smallest absolute Gasteiger partial charge is 0.494 e. The van der Waals surface area contributed by atoms with Gasteiger partial charge >= 0.3 is 15.6 Å². The number of benzene rings is 2. The zero-order valence-corrected chi connectivity index (χ0v) is 27.6. The number of hydrogen-bond donors (Lipinski definition) is 0. The summed E-state index contributed by atoms with van der Waals surface area (Å²) in [5.41, 5.74) is -4.38. The van der Waals surface area contributed by atoms with Crippen LogP contribution < -0.4 is 8.92 Å². The van der Waals surface area contributed by atoms with Gasteiger partial charge in [-0.15, -0.1) is 24.0 Å². The molecule has 0 heterocycles. The van der Waals surface area contributed by atoms with Gasteiger partial charge in [-0.2, -0.15) is 21.6 Å². The summed E-state index contributed by atoms with van der Waals surface area (Å²) in [5.74, 6) is 0.125. The summed E-state index contributed by atoms with van der Waals surface area (Å²) in [7, 11) is -5.76. The Morgan fingerprint density at radius 2 is 1.17 bits per heavy atom. The normalized spacial score (nSPS) is 11.7. The van der Waals surface area contributed by atoms with Gasteiger partial charge in [-0.25, -0.2) is 0 Å². The van der Waals surface area contributed by atoms with Crippen LogP contribution in [0.2, 0.25) is 0 Å². The summed E-state index contributed by atoms with van der Waals surface area (Å²) >= 11 is 0. The molecular formula is C32H48F3IO4S. The molecule has 0 atom stereocenters. The number of rotatable bonds is 22. The minimum Gasteiger partial charge on any atom is -0.494 e. The van der Waals surface area contributed by atoms with Crippen LogP contribution in [-0.2, 0) is 16.5 Å². The molecule has 0 aromatic heterocycles. The summed E-state index contributed by atoms with van der Waals surface area (Å²) in [6.45, 7) is 2.75. The van der Waals surface area contributed by atoms with Gasteiger partial charge < -0.3 is 8.92 Å². The van der Waals surface area contributed by atoms with Crippen LogP contribution in [0.15, 0.2) is 48.5 Å². The Labute approximate surface area is 262 Å². The lowest BCUT2D eigenvalue weighted by molar-refractivity contribution is -0.0500. The van der Waals surface area contributed by atoms with Crippen LogP contribution in [0.5, 0.6) is 11.5 Å². The zero-order chi connectivity index (χ0) is 29.1. The molecule has 0 N–H and O–H groups in total. The Kier molecular flexibility index (Phi) is 19.4. The fourth-order valence-corrected chi connectivity index (χ4v) is 5.18. The first-order valence-corrected chi connectivity index (χ1v) is 16.4. The highest BCUT2D eigenvalue weighted by Gasteiger charge is 2.48. The number of alkyl halides is 3. The van der Waals surface area contributed by atoms with Gasteiger partial charge in [-0.3, -0.25) is 0 Å². The lowest BCUT2D eigenvalue weighted by atomic mass is 10.0. The van der Waals surface area contributed by atoms with Crippen molar-refractivity contribution >= 4 is 34.1 Å². The molecule has 9 heteroatoms. The van der Waals surface area contributed by atoms with Gasteiger partial charge in [0.1, 0.15) is 11.5 Å². The van der Waals surface area contributed by atoms with E-state index in [1.807, 2.05) is 18.2 Å². The SMILES string of the molecule is CCCCCCCCCCCCCCCCCCOc1ccc(OS(=O)(=O)C(F)(F)F)c(Cc2ccccc2)c1.I. The Bertz CT molecular complexity index is 1050. The molecule has 0 amide bonds. The third kappa shape index (κ3) is 16.1. The van der Waals surface area contributed by atoms with Crippen LogP contribution >= 0.6 is 24.0 Å². The summed E-state index contributed by atoms with van der Waals surface area (Å²) in [6, 6.07) is 13.3. The maximum Gasteiger partial charge on any atom is 0.534 e. The Morgan fingerprint density at radius 1 is 0.683 bits per heavy atom. The molecule has 0 aliphatic heterocycles. The van der Waals surface area contributed by atoms with E-state index < -0.39 is 15.6 Å². The van der Waals surface area contributed by atoms with Crippen molar-refractivity contribution in [2.45, 2.75) is 122 Å². The Hall–Kier alpha value is -1.49. The molecule has 0 radical (unpaired) electrons. The largest absolute Gasteiger partial charge is 0.534 e. The average Bonchev–Trinajstić information content (AvgIpc) is 2.91. The molecule has 41 heavy (non-hydrogen) atoms. The van der Waals surface area contributed by atoms with Crippen molar-refractivity contribution in [2.75, 3.05) is 6.61 Å². The second kappa shape index (κ2) is 21.2. The van der Waals surface area contributed by atoms with E-state index in [-0.39, 0.29) is 36.1 Å². The second-order valence-corrected chi connectivity index (χ2v) is 12.1. The number of ether oxygens (including phenoxy) is 1. The second-order valence-electron chi connectivity index (χ2n) is 10.6. The third-order valence-electron chi connectivity index (χ3n) is 7.02. The molecule has 2 aromatic carbocycles. The molecule has 0 saturated carbocycles. The highest BCUT2D eigenvalue weighted by Crippen LogP contribution is 2.32. The lowest BCUT2D eigenvalue weighted by Crippen LogP contribution is -2.28. The van der Waals surface area contributed by atoms with Gasteiger partial charge in [0.2, 0.25) is 0 Å². The highest BCUT2D eigenvalue weighted by atomic mass is 127. The molecule has 234 valence electrons. The van der Waals surface area contributed by atoms with Crippen molar-refractivity contribution < 1.29 is 30.5 Å². The van der Waals surface area contributed by atoms with Crippen molar-refractivity contribution in [3.63, 3.8) is 0 Å². The average molecular weight is 713 g/mol. The molecule has 2 rings (SSSR count). The number of unbranched alkanes of at least 4 members (excludes halogenated alkanes) is 15. The number of halogens is 4.